The van der Waals surface area contributed by atoms with Gasteiger partial charge in [-0.3, -0.25) is 19.2 Å². The van der Waals surface area contributed by atoms with Gasteiger partial charge < -0.3 is 25.8 Å². The summed E-state index contributed by atoms with van der Waals surface area (Å²) in [4.78, 5) is 52.7. The first kappa shape index (κ1) is 19.4. The maximum Gasteiger partial charge on any atom is 0.315 e. The highest BCUT2D eigenvalue weighted by atomic mass is 32.2. The number of amides is 2. The minimum Gasteiger partial charge on any atom is -0.481 e. The van der Waals surface area contributed by atoms with Crippen LogP contribution in [0.1, 0.15) is 12.6 Å². The van der Waals surface area contributed by atoms with Crippen LogP contribution in [0.4, 0.5) is 5.13 Å². The lowest BCUT2D eigenvalue weighted by molar-refractivity contribution is -0.164. The van der Waals surface area contributed by atoms with Crippen molar-refractivity contribution in [1.29, 1.82) is 0 Å². The van der Waals surface area contributed by atoms with E-state index in [0.717, 1.165) is 0 Å². The van der Waals surface area contributed by atoms with Gasteiger partial charge in [0, 0.05) is 24.6 Å². The van der Waals surface area contributed by atoms with Gasteiger partial charge in [0.25, 0.3) is 0 Å². The number of carboxylic acids is 1. The SMILES string of the molecule is CC(=O)OCC1(C(=O)O)CS[C@@H]2C(NC(=O)Cc3csc(N)n3)C(=O)N2C1. The summed E-state index contributed by atoms with van der Waals surface area (Å²) >= 11 is 2.48. The largest absolute Gasteiger partial charge is 0.481 e. The number of hydrogen-bond donors (Lipinski definition) is 3. The van der Waals surface area contributed by atoms with Crippen molar-refractivity contribution in [2.75, 3.05) is 24.6 Å². The molecule has 2 aliphatic heterocycles. The van der Waals surface area contributed by atoms with Crippen LogP contribution in [0, 0.1) is 5.41 Å². The molecule has 1 aromatic rings. The number of carbonyl (C=O) groups is 4. The van der Waals surface area contributed by atoms with Crippen LogP contribution in [0.5, 0.6) is 0 Å². The number of β-lactam (4-membered cyclic amide) rings is 1. The Morgan fingerprint density at radius 3 is 2.85 bits per heavy atom. The normalized spacial score (nSPS) is 26.7. The van der Waals surface area contributed by atoms with Gasteiger partial charge in [-0.2, -0.15) is 0 Å². The van der Waals surface area contributed by atoms with E-state index in [4.69, 9.17) is 10.5 Å². The van der Waals surface area contributed by atoms with Gasteiger partial charge in [-0.05, 0) is 0 Å². The highest BCUT2D eigenvalue weighted by Crippen LogP contribution is 2.42. The minimum absolute atomic E-state index is 0.0143. The number of carbonyl (C=O) groups excluding carboxylic acids is 3. The number of nitrogen functional groups attached to an aromatic ring is 1. The third-order valence-electron chi connectivity index (χ3n) is 4.38. The molecular formula is C15H18N4O6S2. The molecular weight excluding hydrogens is 396 g/mol. The molecule has 0 aliphatic carbocycles. The number of thioether (sulfide) groups is 1. The van der Waals surface area contributed by atoms with Crippen molar-refractivity contribution < 1.29 is 29.0 Å². The number of fused-ring (bicyclic) bond motifs is 1. The molecule has 0 bridgehead atoms. The summed E-state index contributed by atoms with van der Waals surface area (Å²) in [6.45, 7) is 0.829. The molecule has 10 nitrogen and oxygen atoms in total. The van der Waals surface area contributed by atoms with Gasteiger partial charge in [-0.15, -0.1) is 23.1 Å². The fourth-order valence-corrected chi connectivity index (χ4v) is 5.02. The van der Waals surface area contributed by atoms with Crippen LogP contribution in [0.2, 0.25) is 0 Å². The van der Waals surface area contributed by atoms with E-state index in [-0.39, 0.29) is 42.5 Å². The number of anilines is 1. The second-order valence-corrected chi connectivity index (χ2v) is 8.43. The molecule has 0 radical (unpaired) electrons. The van der Waals surface area contributed by atoms with Gasteiger partial charge >= 0.3 is 11.9 Å². The van der Waals surface area contributed by atoms with Crippen molar-refractivity contribution in [3.05, 3.63) is 11.1 Å². The second kappa shape index (κ2) is 7.35. The van der Waals surface area contributed by atoms with Gasteiger partial charge in [0.15, 0.2) is 5.13 Å². The van der Waals surface area contributed by atoms with E-state index in [1.54, 1.807) is 5.38 Å². The van der Waals surface area contributed by atoms with Crippen molar-refractivity contribution in [2.45, 2.75) is 24.8 Å². The molecule has 4 N–H and O–H groups in total. The lowest BCUT2D eigenvalue weighted by Crippen LogP contribution is -2.74. The molecule has 2 aliphatic rings. The van der Waals surface area contributed by atoms with E-state index in [0.29, 0.717) is 10.8 Å². The number of nitrogens with two attached hydrogens (primary N) is 1. The Bertz CT molecular complexity index is 799. The number of nitrogens with zero attached hydrogens (tertiary/aromatic N) is 2. The van der Waals surface area contributed by atoms with Gasteiger partial charge in [-0.25, -0.2) is 4.98 Å². The molecule has 0 saturated carbocycles. The maximum atomic E-state index is 12.4. The van der Waals surface area contributed by atoms with Crippen LogP contribution < -0.4 is 11.1 Å². The monoisotopic (exact) mass is 414 g/mol. The first-order valence-corrected chi connectivity index (χ1v) is 9.93. The van der Waals surface area contributed by atoms with Crippen LogP contribution >= 0.6 is 23.1 Å². The van der Waals surface area contributed by atoms with Gasteiger partial charge in [0.1, 0.15) is 23.4 Å². The van der Waals surface area contributed by atoms with Gasteiger partial charge in [0.2, 0.25) is 11.8 Å². The number of ether oxygens (including phenoxy) is 1. The smallest absolute Gasteiger partial charge is 0.315 e. The minimum atomic E-state index is -1.35. The highest BCUT2D eigenvalue weighted by Gasteiger charge is 2.57. The zero-order chi connectivity index (χ0) is 19.8. The summed E-state index contributed by atoms with van der Waals surface area (Å²) in [5, 5.41) is 13.9. The summed E-state index contributed by atoms with van der Waals surface area (Å²) in [7, 11) is 0. The molecule has 3 heterocycles. The molecule has 0 spiro atoms. The Hall–Kier alpha value is -2.34. The molecule has 3 atom stereocenters. The second-order valence-electron chi connectivity index (χ2n) is 6.43. The van der Waals surface area contributed by atoms with Crippen LogP contribution in [0.25, 0.3) is 0 Å². The van der Waals surface area contributed by atoms with Crippen molar-refractivity contribution in [3.8, 4) is 0 Å². The first-order chi connectivity index (χ1) is 12.7. The Labute approximate surface area is 162 Å². The number of hydrogen-bond acceptors (Lipinski definition) is 9. The van der Waals surface area contributed by atoms with E-state index < -0.39 is 23.4 Å². The summed E-state index contributed by atoms with van der Waals surface area (Å²) in [5.41, 5.74) is 4.71. The van der Waals surface area contributed by atoms with Gasteiger partial charge in [0.05, 0.1) is 12.1 Å². The number of esters is 1. The quantitative estimate of drug-likeness (QED) is 0.405. The topological polar surface area (TPSA) is 152 Å². The molecule has 2 fully saturated rings. The number of carboxylic acid groups (broad SMARTS) is 1. The third-order valence-corrected chi connectivity index (χ3v) is 6.69. The van der Waals surface area contributed by atoms with E-state index >= 15 is 0 Å². The molecule has 12 heteroatoms. The number of nitrogens with one attached hydrogen (secondary N) is 1. The lowest BCUT2D eigenvalue weighted by Gasteiger charge is -2.53. The molecule has 1 aromatic heterocycles. The average Bonchev–Trinajstić information content (AvgIpc) is 3.02. The molecule has 3 rings (SSSR count). The van der Waals surface area contributed by atoms with Crippen LogP contribution in [0.3, 0.4) is 0 Å². The number of thiazole rings is 1. The Balaban J connectivity index is 1.60. The standard InChI is InChI=1S/C15H18N4O6S2/c1-7(20)25-5-15(13(23)24)4-19-11(22)10(12(19)27-6-15)18-9(21)2-8-3-26-14(16)17-8/h3,10,12H,2,4-6H2,1H3,(H2,16,17)(H,18,21)(H,23,24)/t10?,12-,15?/m1/s1. The number of aliphatic carboxylic acids is 1. The lowest BCUT2D eigenvalue weighted by atomic mass is 9.88. The first-order valence-electron chi connectivity index (χ1n) is 8.00. The van der Waals surface area contributed by atoms with Crippen LogP contribution in [0.15, 0.2) is 5.38 Å². The van der Waals surface area contributed by atoms with E-state index in [9.17, 15) is 24.3 Å². The molecule has 0 aromatic carbocycles. The van der Waals surface area contributed by atoms with Crippen molar-refractivity contribution in [3.63, 3.8) is 0 Å². The summed E-state index contributed by atoms with van der Waals surface area (Å²) in [6, 6.07) is -0.709. The number of aromatic nitrogens is 1. The molecule has 2 saturated heterocycles. The maximum absolute atomic E-state index is 12.4. The average molecular weight is 414 g/mol. The van der Waals surface area contributed by atoms with Crippen LogP contribution in [-0.4, -0.2) is 69.1 Å². The molecule has 27 heavy (non-hydrogen) atoms. The zero-order valence-corrected chi connectivity index (χ0v) is 16.0. The fourth-order valence-electron chi connectivity index (χ4n) is 2.94. The summed E-state index contributed by atoms with van der Waals surface area (Å²) < 4.78 is 4.89. The summed E-state index contributed by atoms with van der Waals surface area (Å²) in [6.07, 6.45) is 0.0143. The van der Waals surface area contributed by atoms with E-state index in [1.807, 2.05) is 0 Å². The highest BCUT2D eigenvalue weighted by molar-refractivity contribution is 8.00. The fraction of sp³-hybridized carbons (Fsp3) is 0.533. The Morgan fingerprint density at radius 1 is 1.52 bits per heavy atom. The number of rotatable bonds is 6. The molecule has 146 valence electrons. The van der Waals surface area contributed by atoms with Gasteiger partial charge in [-0.1, -0.05) is 0 Å². The summed E-state index contributed by atoms with van der Waals surface area (Å²) in [5.74, 6) is -2.25. The van der Waals surface area contributed by atoms with Crippen molar-refractivity contribution >= 4 is 52.0 Å². The zero-order valence-electron chi connectivity index (χ0n) is 14.3. The van der Waals surface area contributed by atoms with E-state index in [2.05, 4.69) is 10.3 Å². The Kier molecular flexibility index (Phi) is 5.29. The molecule has 2 unspecified atom stereocenters. The van der Waals surface area contributed by atoms with E-state index in [1.165, 1.54) is 34.9 Å². The van der Waals surface area contributed by atoms with Crippen molar-refractivity contribution in [2.24, 2.45) is 5.41 Å². The predicted molar refractivity (Wildman–Crippen MR) is 96.8 cm³/mol. The Morgan fingerprint density at radius 2 is 2.26 bits per heavy atom. The predicted octanol–water partition coefficient (Wildman–Crippen LogP) is -0.698. The van der Waals surface area contributed by atoms with Crippen LogP contribution in [-0.2, 0) is 30.3 Å². The molecule has 2 amide bonds. The third kappa shape index (κ3) is 3.86. The van der Waals surface area contributed by atoms with Crippen molar-refractivity contribution in [1.82, 2.24) is 15.2 Å².